The quantitative estimate of drug-likeness (QED) is 0.308. The Morgan fingerprint density at radius 1 is 0.972 bits per heavy atom. The van der Waals surface area contributed by atoms with Crippen molar-refractivity contribution in [3.8, 4) is 11.3 Å². The fourth-order valence-electron chi connectivity index (χ4n) is 4.59. The topological polar surface area (TPSA) is 116 Å². The van der Waals surface area contributed by atoms with E-state index in [-0.39, 0.29) is 17.4 Å². The highest BCUT2D eigenvalue weighted by molar-refractivity contribution is 5.78. The number of aromatic amines is 1. The van der Waals surface area contributed by atoms with Crippen molar-refractivity contribution in [2.45, 2.75) is 38.5 Å². The number of hydrogen-bond donors (Lipinski definition) is 4. The molecule has 1 amide bonds. The van der Waals surface area contributed by atoms with Crippen LogP contribution in [-0.2, 0) is 17.6 Å². The van der Waals surface area contributed by atoms with Gasteiger partial charge in [0.1, 0.15) is 0 Å². The lowest BCUT2D eigenvalue weighted by atomic mass is 10.0. The first-order chi connectivity index (χ1) is 17.6. The minimum atomic E-state index is -0.186. The van der Waals surface area contributed by atoms with Crippen LogP contribution >= 0.6 is 0 Å². The minimum absolute atomic E-state index is 0.112. The molecule has 8 heteroatoms. The molecule has 8 nitrogen and oxygen atoms in total. The van der Waals surface area contributed by atoms with E-state index in [2.05, 4.69) is 49.8 Å². The molecule has 0 radical (unpaired) electrons. The van der Waals surface area contributed by atoms with Gasteiger partial charge in [-0.3, -0.25) is 19.5 Å². The van der Waals surface area contributed by atoms with E-state index in [4.69, 9.17) is 5.73 Å². The Labute approximate surface area is 212 Å². The second-order valence-corrected chi connectivity index (χ2v) is 9.31. The minimum Gasteiger partial charge on any atom is -0.385 e. The molecule has 1 aliphatic heterocycles. The monoisotopic (exact) mass is 488 g/mol. The van der Waals surface area contributed by atoms with Crippen LogP contribution in [0.25, 0.3) is 11.3 Å². The summed E-state index contributed by atoms with van der Waals surface area (Å²) in [4.78, 5) is 33.9. The summed E-state index contributed by atoms with van der Waals surface area (Å²) in [5.74, 6) is 0.239. The van der Waals surface area contributed by atoms with Gasteiger partial charge in [0.2, 0.25) is 11.9 Å². The Kier molecular flexibility index (Phi) is 9.10. The number of nitrogen functional groups attached to an aromatic ring is 1. The van der Waals surface area contributed by atoms with E-state index in [1.54, 1.807) is 0 Å². The van der Waals surface area contributed by atoms with Gasteiger partial charge in [-0.25, -0.2) is 4.98 Å². The van der Waals surface area contributed by atoms with Gasteiger partial charge < -0.3 is 16.4 Å². The first kappa shape index (κ1) is 25.4. The number of nitrogens with zero attached hydrogens (tertiary/aromatic N) is 2. The summed E-state index contributed by atoms with van der Waals surface area (Å²) in [5.41, 5.74) is 9.99. The average molecular weight is 489 g/mol. The molecule has 0 unspecified atom stereocenters. The van der Waals surface area contributed by atoms with Crippen molar-refractivity contribution in [3.63, 3.8) is 0 Å². The first-order valence-electron chi connectivity index (χ1n) is 12.8. The summed E-state index contributed by atoms with van der Waals surface area (Å²) in [6.07, 6.45) is 5.84. The molecule has 2 heterocycles. The molecule has 190 valence electrons. The van der Waals surface area contributed by atoms with E-state index in [1.165, 1.54) is 24.8 Å². The number of H-pyrrole nitrogens is 1. The number of nitrogens with two attached hydrogens (primary N) is 1. The second kappa shape index (κ2) is 12.9. The van der Waals surface area contributed by atoms with Gasteiger partial charge in [0.15, 0.2) is 0 Å². The standard InChI is InChI=1S/C28H36N6O2/c29-28-32-26(22-8-3-1-4-9-22)24(27(36)33-28)10-7-16-30-23-13-11-21(12-14-23)15-17-31-25(35)20-34-18-5-2-6-19-34/h1,3-4,8-9,11-14,30H,2,5-7,10,15-20H2,(H,31,35)(H3,29,32,33,36). The number of benzene rings is 2. The predicted octanol–water partition coefficient (Wildman–Crippen LogP) is 3.21. The number of piperidine rings is 1. The number of aromatic nitrogens is 2. The lowest BCUT2D eigenvalue weighted by Crippen LogP contribution is -2.40. The zero-order valence-corrected chi connectivity index (χ0v) is 20.8. The fraction of sp³-hybridized carbons (Fsp3) is 0.393. The normalized spacial score (nSPS) is 13.9. The maximum Gasteiger partial charge on any atom is 0.256 e. The van der Waals surface area contributed by atoms with Gasteiger partial charge in [-0.1, -0.05) is 48.9 Å². The van der Waals surface area contributed by atoms with Gasteiger partial charge in [0.05, 0.1) is 12.2 Å². The van der Waals surface area contributed by atoms with Gasteiger partial charge in [-0.2, -0.15) is 0 Å². The number of nitrogens with one attached hydrogen (secondary N) is 3. The van der Waals surface area contributed by atoms with Gasteiger partial charge in [-0.05, 0) is 62.9 Å². The summed E-state index contributed by atoms with van der Waals surface area (Å²) in [6, 6.07) is 17.9. The average Bonchev–Trinajstić information content (AvgIpc) is 2.89. The molecule has 36 heavy (non-hydrogen) atoms. The molecule has 1 saturated heterocycles. The first-order valence-corrected chi connectivity index (χ1v) is 12.8. The lowest BCUT2D eigenvalue weighted by molar-refractivity contribution is -0.122. The van der Waals surface area contributed by atoms with Crippen LogP contribution in [0.4, 0.5) is 11.6 Å². The Bertz CT molecular complexity index is 1170. The van der Waals surface area contributed by atoms with Crippen molar-refractivity contribution < 1.29 is 4.79 Å². The molecule has 0 aliphatic carbocycles. The molecule has 4 rings (SSSR count). The number of hydrogen-bond acceptors (Lipinski definition) is 6. The lowest BCUT2D eigenvalue weighted by Gasteiger charge is -2.25. The van der Waals surface area contributed by atoms with Crippen LogP contribution in [0.3, 0.4) is 0 Å². The van der Waals surface area contributed by atoms with Crippen LogP contribution in [0.2, 0.25) is 0 Å². The fourth-order valence-corrected chi connectivity index (χ4v) is 4.59. The SMILES string of the molecule is Nc1nc(-c2ccccc2)c(CCCNc2ccc(CCNC(=O)CN3CCCCC3)cc2)c(=O)[nH]1. The number of anilines is 2. The summed E-state index contributed by atoms with van der Waals surface area (Å²) >= 11 is 0. The number of amides is 1. The second-order valence-electron chi connectivity index (χ2n) is 9.31. The third kappa shape index (κ3) is 7.42. The summed E-state index contributed by atoms with van der Waals surface area (Å²) < 4.78 is 0. The Morgan fingerprint density at radius 3 is 2.47 bits per heavy atom. The molecule has 3 aromatic rings. The molecule has 0 spiro atoms. The zero-order chi connectivity index (χ0) is 25.2. The van der Waals surface area contributed by atoms with Crippen LogP contribution in [0.1, 0.15) is 36.8 Å². The maximum absolute atomic E-state index is 12.5. The Balaban J connectivity index is 1.20. The van der Waals surface area contributed by atoms with Crippen LogP contribution in [-0.4, -0.2) is 53.5 Å². The van der Waals surface area contributed by atoms with Crippen molar-refractivity contribution in [2.24, 2.45) is 0 Å². The summed E-state index contributed by atoms with van der Waals surface area (Å²) in [5, 5.41) is 6.46. The molecular weight excluding hydrogens is 452 g/mol. The van der Waals surface area contributed by atoms with Crippen LogP contribution < -0.4 is 21.9 Å². The molecule has 0 atom stereocenters. The summed E-state index contributed by atoms with van der Waals surface area (Å²) in [7, 11) is 0. The zero-order valence-electron chi connectivity index (χ0n) is 20.8. The molecule has 2 aromatic carbocycles. The maximum atomic E-state index is 12.5. The third-order valence-corrected chi connectivity index (χ3v) is 6.52. The van der Waals surface area contributed by atoms with E-state index in [0.717, 1.165) is 43.7 Å². The molecular formula is C28H36N6O2. The Hall–Kier alpha value is -3.65. The smallest absolute Gasteiger partial charge is 0.256 e. The summed E-state index contributed by atoms with van der Waals surface area (Å²) in [6.45, 7) is 3.94. The highest BCUT2D eigenvalue weighted by atomic mass is 16.2. The van der Waals surface area contributed by atoms with Crippen molar-refractivity contribution in [2.75, 3.05) is 43.8 Å². The van der Waals surface area contributed by atoms with E-state index < -0.39 is 0 Å². The van der Waals surface area contributed by atoms with E-state index >= 15 is 0 Å². The van der Waals surface area contributed by atoms with Gasteiger partial charge in [0.25, 0.3) is 5.56 Å². The predicted molar refractivity (Wildman–Crippen MR) is 145 cm³/mol. The Morgan fingerprint density at radius 2 is 1.72 bits per heavy atom. The molecule has 0 saturated carbocycles. The highest BCUT2D eigenvalue weighted by Crippen LogP contribution is 2.20. The molecule has 1 fully saturated rings. The highest BCUT2D eigenvalue weighted by Gasteiger charge is 2.14. The van der Waals surface area contributed by atoms with Crippen molar-refractivity contribution in [1.29, 1.82) is 0 Å². The number of likely N-dealkylation sites (tertiary alicyclic amines) is 1. The van der Waals surface area contributed by atoms with Gasteiger partial charge >= 0.3 is 0 Å². The van der Waals surface area contributed by atoms with Crippen LogP contribution in [0.5, 0.6) is 0 Å². The number of carbonyl (C=O) groups excluding carboxylic acids is 1. The van der Waals surface area contributed by atoms with E-state index in [1.807, 2.05) is 30.3 Å². The van der Waals surface area contributed by atoms with Crippen molar-refractivity contribution in [1.82, 2.24) is 20.2 Å². The van der Waals surface area contributed by atoms with Gasteiger partial charge in [0, 0.05) is 29.9 Å². The van der Waals surface area contributed by atoms with E-state index in [0.29, 0.717) is 30.8 Å². The number of rotatable bonds is 11. The largest absolute Gasteiger partial charge is 0.385 e. The van der Waals surface area contributed by atoms with E-state index in [9.17, 15) is 9.59 Å². The number of carbonyl (C=O) groups is 1. The van der Waals surface area contributed by atoms with Crippen molar-refractivity contribution >= 4 is 17.5 Å². The molecule has 0 bridgehead atoms. The van der Waals surface area contributed by atoms with Gasteiger partial charge in [-0.15, -0.1) is 0 Å². The van der Waals surface area contributed by atoms with Crippen molar-refractivity contribution in [3.05, 3.63) is 76.1 Å². The van der Waals surface area contributed by atoms with Crippen LogP contribution in [0.15, 0.2) is 59.4 Å². The molecule has 5 N–H and O–H groups in total. The van der Waals surface area contributed by atoms with Crippen LogP contribution in [0, 0.1) is 0 Å². The molecule has 1 aliphatic rings. The molecule has 1 aromatic heterocycles. The third-order valence-electron chi connectivity index (χ3n) is 6.52.